The number of carbonyl (C=O) groups is 1. The first kappa shape index (κ1) is 17.8. The predicted molar refractivity (Wildman–Crippen MR) is 100.0 cm³/mol. The van der Waals surface area contributed by atoms with Crippen molar-refractivity contribution in [3.63, 3.8) is 0 Å². The van der Waals surface area contributed by atoms with Crippen molar-refractivity contribution in [3.05, 3.63) is 57.3 Å². The first-order chi connectivity index (χ1) is 11.7. The van der Waals surface area contributed by atoms with Crippen LogP contribution in [0.4, 0.5) is 0 Å². The van der Waals surface area contributed by atoms with Gasteiger partial charge in [-0.15, -0.1) is 0 Å². The number of hydrogen-bond donors (Lipinski definition) is 0. The summed E-state index contributed by atoms with van der Waals surface area (Å²) in [6.07, 6.45) is 1.12. The fourth-order valence-corrected chi connectivity index (χ4v) is 4.67. The van der Waals surface area contributed by atoms with Crippen LogP contribution in [0, 0.1) is 6.92 Å². The Morgan fingerprint density at radius 1 is 1.20 bits per heavy atom. The number of sulfone groups is 1. The van der Waals surface area contributed by atoms with Gasteiger partial charge in [0.15, 0.2) is 14.6 Å². The molecule has 1 amide bonds. The van der Waals surface area contributed by atoms with Crippen LogP contribution in [-0.2, 0) is 16.9 Å². The minimum atomic E-state index is -3.29. The van der Waals surface area contributed by atoms with Gasteiger partial charge in [0.25, 0.3) is 5.91 Å². The standard InChI is InChI=1S/C17H15ClN2O3S2/c1-10-8-12(18)9-14-15(10)20(2)17(24-14)19-16(21)11-4-6-13(7-5-11)25(3,22)23/h4-9H,1-3H3. The molecule has 130 valence electrons. The number of benzene rings is 2. The molecule has 3 rings (SSSR count). The number of rotatable bonds is 2. The van der Waals surface area contributed by atoms with E-state index >= 15 is 0 Å². The summed E-state index contributed by atoms with van der Waals surface area (Å²) >= 11 is 7.47. The van der Waals surface area contributed by atoms with E-state index in [4.69, 9.17) is 11.6 Å². The third kappa shape index (κ3) is 3.53. The molecule has 0 saturated heterocycles. The summed E-state index contributed by atoms with van der Waals surface area (Å²) in [7, 11) is -1.45. The van der Waals surface area contributed by atoms with Crippen molar-refractivity contribution in [2.24, 2.45) is 12.0 Å². The molecule has 0 radical (unpaired) electrons. The van der Waals surface area contributed by atoms with Gasteiger partial charge in [0.05, 0.1) is 15.1 Å². The second-order valence-corrected chi connectivity index (χ2v) is 9.19. The van der Waals surface area contributed by atoms with Crippen molar-refractivity contribution in [1.29, 1.82) is 0 Å². The zero-order valence-electron chi connectivity index (χ0n) is 13.8. The molecule has 0 saturated carbocycles. The van der Waals surface area contributed by atoms with Crippen molar-refractivity contribution in [2.75, 3.05) is 6.26 Å². The molecule has 3 aromatic rings. The number of halogens is 1. The highest BCUT2D eigenvalue weighted by atomic mass is 35.5. The smallest absolute Gasteiger partial charge is 0.279 e. The summed E-state index contributed by atoms with van der Waals surface area (Å²) in [5, 5.41) is 0.640. The molecule has 0 aliphatic rings. The molecule has 0 unspecified atom stereocenters. The molecule has 0 bridgehead atoms. The highest BCUT2D eigenvalue weighted by molar-refractivity contribution is 7.90. The van der Waals surface area contributed by atoms with Crippen LogP contribution in [0.3, 0.4) is 0 Å². The monoisotopic (exact) mass is 394 g/mol. The van der Waals surface area contributed by atoms with Crippen LogP contribution in [0.25, 0.3) is 10.2 Å². The van der Waals surface area contributed by atoms with E-state index in [9.17, 15) is 13.2 Å². The van der Waals surface area contributed by atoms with Crippen LogP contribution >= 0.6 is 22.9 Å². The fraction of sp³-hybridized carbons (Fsp3) is 0.176. The van der Waals surface area contributed by atoms with Crippen molar-refractivity contribution < 1.29 is 13.2 Å². The lowest BCUT2D eigenvalue weighted by atomic mass is 10.2. The first-order valence-corrected chi connectivity index (χ1v) is 10.4. The van der Waals surface area contributed by atoms with Crippen LogP contribution in [0.2, 0.25) is 5.02 Å². The van der Waals surface area contributed by atoms with E-state index in [1.807, 2.05) is 30.7 Å². The maximum absolute atomic E-state index is 12.4. The van der Waals surface area contributed by atoms with Gasteiger partial charge < -0.3 is 4.57 Å². The van der Waals surface area contributed by atoms with Gasteiger partial charge in [-0.1, -0.05) is 22.9 Å². The Hall–Kier alpha value is -1.96. The Labute approximate surface area is 154 Å². The van der Waals surface area contributed by atoms with Crippen LogP contribution in [0.5, 0.6) is 0 Å². The number of fused-ring (bicyclic) bond motifs is 1. The van der Waals surface area contributed by atoms with Crippen molar-refractivity contribution in [1.82, 2.24) is 4.57 Å². The second kappa shape index (κ2) is 6.40. The predicted octanol–water partition coefficient (Wildman–Crippen LogP) is 3.35. The van der Waals surface area contributed by atoms with Crippen LogP contribution in [-0.4, -0.2) is 25.1 Å². The van der Waals surface area contributed by atoms with Gasteiger partial charge in [0, 0.05) is 23.9 Å². The fourth-order valence-electron chi connectivity index (χ4n) is 2.57. The number of carbonyl (C=O) groups excluding carboxylic acids is 1. The Morgan fingerprint density at radius 3 is 2.44 bits per heavy atom. The minimum absolute atomic E-state index is 0.168. The van der Waals surface area contributed by atoms with E-state index in [1.165, 1.54) is 35.6 Å². The minimum Gasteiger partial charge on any atom is -0.319 e. The van der Waals surface area contributed by atoms with Crippen molar-refractivity contribution >= 4 is 48.9 Å². The van der Waals surface area contributed by atoms with Gasteiger partial charge in [-0.3, -0.25) is 4.79 Å². The van der Waals surface area contributed by atoms with E-state index in [1.54, 1.807) is 0 Å². The average Bonchev–Trinajstić information content (AvgIpc) is 2.82. The molecule has 1 aromatic heterocycles. The maximum Gasteiger partial charge on any atom is 0.279 e. The van der Waals surface area contributed by atoms with E-state index in [-0.39, 0.29) is 4.90 Å². The Kier molecular flexibility index (Phi) is 4.57. The molecular weight excluding hydrogens is 380 g/mol. The Bertz CT molecular complexity index is 1160. The third-order valence-corrected chi connectivity index (χ3v) is 6.21. The summed E-state index contributed by atoms with van der Waals surface area (Å²) in [6, 6.07) is 9.47. The molecule has 0 fully saturated rings. The maximum atomic E-state index is 12.4. The summed E-state index contributed by atoms with van der Waals surface area (Å²) in [4.78, 5) is 17.3. The molecule has 0 aliphatic carbocycles. The van der Waals surface area contributed by atoms with E-state index in [2.05, 4.69) is 4.99 Å². The van der Waals surface area contributed by atoms with Crippen LogP contribution in [0.15, 0.2) is 46.3 Å². The lowest BCUT2D eigenvalue weighted by molar-refractivity contribution is 0.0998. The molecule has 0 aliphatic heterocycles. The number of aryl methyl sites for hydroxylation is 2. The van der Waals surface area contributed by atoms with Crippen molar-refractivity contribution in [2.45, 2.75) is 11.8 Å². The molecular formula is C17H15ClN2O3S2. The Morgan fingerprint density at radius 2 is 1.84 bits per heavy atom. The zero-order valence-corrected chi connectivity index (χ0v) is 16.2. The summed E-state index contributed by atoms with van der Waals surface area (Å²) in [5.74, 6) is -0.425. The highest BCUT2D eigenvalue weighted by Gasteiger charge is 2.11. The molecule has 0 spiro atoms. The number of thiazole rings is 1. The first-order valence-electron chi connectivity index (χ1n) is 7.31. The van der Waals surface area contributed by atoms with Crippen LogP contribution in [0.1, 0.15) is 15.9 Å². The zero-order chi connectivity index (χ0) is 18.4. The van der Waals surface area contributed by atoms with E-state index in [0.717, 1.165) is 22.0 Å². The number of nitrogens with zero attached hydrogens (tertiary/aromatic N) is 2. The summed E-state index contributed by atoms with van der Waals surface area (Å²) in [6.45, 7) is 1.95. The van der Waals surface area contributed by atoms with Crippen molar-refractivity contribution in [3.8, 4) is 0 Å². The van der Waals surface area contributed by atoms with Gasteiger partial charge in [0.1, 0.15) is 0 Å². The third-order valence-electron chi connectivity index (χ3n) is 3.78. The molecule has 5 nitrogen and oxygen atoms in total. The van der Waals surface area contributed by atoms with Crippen LogP contribution < -0.4 is 4.80 Å². The summed E-state index contributed by atoms with van der Waals surface area (Å²) in [5.41, 5.74) is 2.32. The number of aromatic nitrogens is 1. The molecule has 25 heavy (non-hydrogen) atoms. The van der Waals surface area contributed by atoms with Gasteiger partial charge in [-0.05, 0) is 48.9 Å². The van der Waals surface area contributed by atoms with E-state index in [0.29, 0.717) is 15.4 Å². The second-order valence-electron chi connectivity index (χ2n) is 5.73. The largest absolute Gasteiger partial charge is 0.319 e. The molecule has 0 N–H and O–H groups in total. The van der Waals surface area contributed by atoms with Gasteiger partial charge in [-0.2, -0.15) is 4.99 Å². The molecule has 1 heterocycles. The number of amides is 1. The highest BCUT2D eigenvalue weighted by Crippen LogP contribution is 2.25. The molecule has 0 atom stereocenters. The lowest BCUT2D eigenvalue weighted by Gasteiger charge is -2.01. The normalized spacial score (nSPS) is 12.7. The lowest BCUT2D eigenvalue weighted by Crippen LogP contribution is -2.13. The molecule has 2 aromatic carbocycles. The summed E-state index contributed by atoms with van der Waals surface area (Å²) < 4.78 is 25.8. The Balaban J connectivity index is 2.06. The quantitative estimate of drug-likeness (QED) is 0.669. The van der Waals surface area contributed by atoms with E-state index < -0.39 is 15.7 Å². The van der Waals surface area contributed by atoms with Gasteiger partial charge >= 0.3 is 0 Å². The molecule has 8 heteroatoms. The topological polar surface area (TPSA) is 68.5 Å². The SMILES string of the molecule is Cc1cc(Cl)cc2sc(=NC(=O)c3ccc(S(C)(=O)=O)cc3)n(C)c12. The number of hydrogen-bond acceptors (Lipinski definition) is 4. The van der Waals surface area contributed by atoms with Gasteiger partial charge in [-0.25, -0.2) is 8.42 Å². The van der Waals surface area contributed by atoms with Gasteiger partial charge in [0.2, 0.25) is 0 Å². The average molecular weight is 395 g/mol.